The number of halogens is 1. The Morgan fingerprint density at radius 3 is 2.80 bits per heavy atom. The molecule has 0 aliphatic rings. The Bertz CT molecular complexity index is 341. The van der Waals surface area contributed by atoms with Gasteiger partial charge in [-0.15, -0.1) is 0 Å². The minimum Gasteiger partial charge on any atom is -0.490 e. The van der Waals surface area contributed by atoms with E-state index in [1.54, 1.807) is 0 Å². The number of rotatable bonds is 4. The molecule has 0 aliphatic heterocycles. The van der Waals surface area contributed by atoms with Crippen LogP contribution in [0.2, 0.25) is 0 Å². The second-order valence-corrected chi connectivity index (χ2v) is 4.20. The molecule has 0 aliphatic carbocycles. The van der Waals surface area contributed by atoms with Crippen molar-refractivity contribution in [2.45, 2.75) is 19.9 Å². The Morgan fingerprint density at radius 1 is 1.53 bits per heavy atom. The van der Waals surface area contributed by atoms with Crippen LogP contribution in [0.5, 0.6) is 5.75 Å². The lowest BCUT2D eigenvalue weighted by Gasteiger charge is -2.14. The van der Waals surface area contributed by atoms with Crippen molar-refractivity contribution in [1.82, 2.24) is 5.32 Å². The normalized spacial score (nSPS) is 11.9. The second kappa shape index (κ2) is 5.75. The topological polar surface area (TPSA) is 38.3 Å². The molecule has 1 aromatic rings. The molecule has 1 atom stereocenters. The van der Waals surface area contributed by atoms with Gasteiger partial charge in [0, 0.05) is 6.92 Å². The predicted molar refractivity (Wildman–Crippen MR) is 62.9 cm³/mol. The first-order chi connectivity index (χ1) is 7.09. The smallest absolute Gasteiger partial charge is 0.217 e. The molecule has 1 rings (SSSR count). The van der Waals surface area contributed by atoms with Crippen LogP contribution in [-0.2, 0) is 4.79 Å². The van der Waals surface area contributed by atoms with E-state index in [4.69, 9.17) is 4.74 Å². The van der Waals surface area contributed by atoms with E-state index in [0.29, 0.717) is 6.61 Å². The standard InChI is InChI=1S/C11H14BrNO2/c1-8(13-9(2)14)7-15-11-6-4-3-5-10(11)12/h3-6,8H,7H2,1-2H3,(H,13,14)/t8-/m1/s1. The number of carbonyl (C=O) groups excluding carboxylic acids is 1. The van der Waals surface area contributed by atoms with Crippen LogP contribution in [0.15, 0.2) is 28.7 Å². The SMILES string of the molecule is CC(=O)N[C@H](C)COc1ccccc1Br. The fourth-order valence-corrected chi connectivity index (χ4v) is 1.56. The number of para-hydroxylation sites is 1. The van der Waals surface area contributed by atoms with E-state index in [1.807, 2.05) is 31.2 Å². The minimum absolute atomic E-state index is 0.00889. The molecule has 15 heavy (non-hydrogen) atoms. The fraction of sp³-hybridized carbons (Fsp3) is 0.364. The van der Waals surface area contributed by atoms with Crippen LogP contribution in [0, 0.1) is 0 Å². The van der Waals surface area contributed by atoms with Gasteiger partial charge in [-0.05, 0) is 35.0 Å². The van der Waals surface area contributed by atoms with Crippen LogP contribution in [0.25, 0.3) is 0 Å². The van der Waals surface area contributed by atoms with Crippen LogP contribution in [0.4, 0.5) is 0 Å². The summed E-state index contributed by atoms with van der Waals surface area (Å²) in [5.41, 5.74) is 0. The van der Waals surface area contributed by atoms with E-state index in [9.17, 15) is 4.79 Å². The van der Waals surface area contributed by atoms with Crippen molar-refractivity contribution >= 4 is 21.8 Å². The van der Waals surface area contributed by atoms with E-state index < -0.39 is 0 Å². The highest BCUT2D eigenvalue weighted by Gasteiger charge is 2.05. The van der Waals surface area contributed by atoms with Gasteiger partial charge in [0.2, 0.25) is 5.91 Å². The molecular weight excluding hydrogens is 258 g/mol. The molecule has 1 amide bonds. The predicted octanol–water partition coefficient (Wildman–Crippen LogP) is 2.35. The number of carbonyl (C=O) groups is 1. The van der Waals surface area contributed by atoms with Gasteiger partial charge in [-0.2, -0.15) is 0 Å². The first kappa shape index (κ1) is 12.0. The van der Waals surface area contributed by atoms with Crippen molar-refractivity contribution in [3.05, 3.63) is 28.7 Å². The molecule has 0 heterocycles. The zero-order valence-electron chi connectivity index (χ0n) is 8.79. The number of hydrogen-bond acceptors (Lipinski definition) is 2. The zero-order valence-corrected chi connectivity index (χ0v) is 10.4. The van der Waals surface area contributed by atoms with Gasteiger partial charge in [-0.25, -0.2) is 0 Å². The maximum Gasteiger partial charge on any atom is 0.217 e. The van der Waals surface area contributed by atoms with Crippen molar-refractivity contribution in [3.8, 4) is 5.75 Å². The number of benzene rings is 1. The minimum atomic E-state index is -0.0433. The average Bonchev–Trinajstić information content (AvgIpc) is 2.15. The highest BCUT2D eigenvalue weighted by atomic mass is 79.9. The molecule has 0 bridgehead atoms. The third-order valence-corrected chi connectivity index (χ3v) is 2.43. The van der Waals surface area contributed by atoms with Gasteiger partial charge in [-0.1, -0.05) is 12.1 Å². The van der Waals surface area contributed by atoms with Gasteiger partial charge in [0.05, 0.1) is 10.5 Å². The van der Waals surface area contributed by atoms with Crippen LogP contribution in [0.1, 0.15) is 13.8 Å². The summed E-state index contributed by atoms with van der Waals surface area (Å²) in [5, 5.41) is 2.75. The molecule has 0 aromatic heterocycles. The van der Waals surface area contributed by atoms with Crippen LogP contribution >= 0.6 is 15.9 Å². The molecular formula is C11H14BrNO2. The molecule has 3 nitrogen and oxygen atoms in total. The van der Waals surface area contributed by atoms with Gasteiger partial charge in [-0.3, -0.25) is 4.79 Å². The molecule has 1 aromatic carbocycles. The summed E-state index contributed by atoms with van der Waals surface area (Å²) in [6.07, 6.45) is 0. The van der Waals surface area contributed by atoms with E-state index in [-0.39, 0.29) is 11.9 Å². The lowest BCUT2D eigenvalue weighted by molar-refractivity contribution is -0.119. The Morgan fingerprint density at radius 2 is 2.20 bits per heavy atom. The Hall–Kier alpha value is -1.03. The Labute approximate surface area is 97.9 Å². The molecule has 0 spiro atoms. The number of nitrogens with one attached hydrogen (secondary N) is 1. The van der Waals surface area contributed by atoms with Gasteiger partial charge in [0.25, 0.3) is 0 Å². The molecule has 0 saturated heterocycles. The van der Waals surface area contributed by atoms with Gasteiger partial charge in [0.1, 0.15) is 12.4 Å². The number of amides is 1. The quantitative estimate of drug-likeness (QED) is 0.913. The Kier molecular flexibility index (Phi) is 4.62. The molecule has 4 heteroatoms. The number of hydrogen-bond donors (Lipinski definition) is 1. The van der Waals surface area contributed by atoms with E-state index >= 15 is 0 Å². The van der Waals surface area contributed by atoms with Crippen molar-refractivity contribution in [2.75, 3.05) is 6.61 Å². The third kappa shape index (κ3) is 4.34. The van der Waals surface area contributed by atoms with Gasteiger partial charge >= 0.3 is 0 Å². The fourth-order valence-electron chi connectivity index (χ4n) is 1.17. The van der Waals surface area contributed by atoms with Crippen molar-refractivity contribution in [2.24, 2.45) is 0 Å². The monoisotopic (exact) mass is 271 g/mol. The summed E-state index contributed by atoms with van der Waals surface area (Å²) >= 11 is 3.38. The molecule has 0 radical (unpaired) electrons. The second-order valence-electron chi connectivity index (χ2n) is 3.34. The van der Waals surface area contributed by atoms with Crippen LogP contribution in [0.3, 0.4) is 0 Å². The highest BCUT2D eigenvalue weighted by molar-refractivity contribution is 9.10. The molecule has 0 unspecified atom stereocenters. The van der Waals surface area contributed by atoms with Crippen LogP contribution < -0.4 is 10.1 Å². The summed E-state index contributed by atoms with van der Waals surface area (Å²) in [6.45, 7) is 3.86. The lowest BCUT2D eigenvalue weighted by atomic mass is 10.3. The Balaban J connectivity index is 2.43. The lowest BCUT2D eigenvalue weighted by Crippen LogP contribution is -2.35. The van der Waals surface area contributed by atoms with Crippen LogP contribution in [-0.4, -0.2) is 18.6 Å². The van der Waals surface area contributed by atoms with Gasteiger partial charge < -0.3 is 10.1 Å². The van der Waals surface area contributed by atoms with E-state index in [2.05, 4.69) is 21.2 Å². The van der Waals surface area contributed by atoms with Crippen molar-refractivity contribution < 1.29 is 9.53 Å². The van der Waals surface area contributed by atoms with Crippen molar-refractivity contribution in [1.29, 1.82) is 0 Å². The molecule has 1 N–H and O–H groups in total. The first-order valence-electron chi connectivity index (χ1n) is 4.74. The zero-order chi connectivity index (χ0) is 11.3. The maximum atomic E-state index is 10.8. The third-order valence-electron chi connectivity index (χ3n) is 1.78. The maximum absolute atomic E-state index is 10.8. The summed E-state index contributed by atoms with van der Waals surface area (Å²) in [5.74, 6) is 0.743. The van der Waals surface area contributed by atoms with Crippen molar-refractivity contribution in [3.63, 3.8) is 0 Å². The average molecular weight is 272 g/mol. The molecule has 0 saturated carbocycles. The number of ether oxygens (including phenoxy) is 1. The summed E-state index contributed by atoms with van der Waals surface area (Å²) in [4.78, 5) is 10.8. The molecule has 82 valence electrons. The van der Waals surface area contributed by atoms with E-state index in [1.165, 1.54) is 6.92 Å². The largest absolute Gasteiger partial charge is 0.490 e. The highest BCUT2D eigenvalue weighted by Crippen LogP contribution is 2.23. The molecule has 0 fully saturated rings. The summed E-state index contributed by atoms with van der Waals surface area (Å²) in [7, 11) is 0. The first-order valence-corrected chi connectivity index (χ1v) is 5.53. The van der Waals surface area contributed by atoms with Gasteiger partial charge in [0.15, 0.2) is 0 Å². The summed E-state index contributed by atoms with van der Waals surface area (Å²) in [6, 6.07) is 7.63. The van der Waals surface area contributed by atoms with E-state index in [0.717, 1.165) is 10.2 Å². The summed E-state index contributed by atoms with van der Waals surface area (Å²) < 4.78 is 6.45.